The van der Waals surface area contributed by atoms with Crippen LogP contribution < -0.4 is 10.6 Å². The van der Waals surface area contributed by atoms with Crippen molar-refractivity contribution in [2.24, 2.45) is 5.92 Å². The van der Waals surface area contributed by atoms with Crippen LogP contribution in [0.5, 0.6) is 0 Å². The lowest BCUT2D eigenvalue weighted by Gasteiger charge is -2.15. The van der Waals surface area contributed by atoms with Crippen LogP contribution in [-0.2, 0) is 6.42 Å². The molecule has 0 spiro atoms. The highest BCUT2D eigenvalue weighted by Crippen LogP contribution is 2.28. The lowest BCUT2D eigenvalue weighted by Crippen LogP contribution is -2.11. The highest BCUT2D eigenvalue weighted by molar-refractivity contribution is 5.57. The largest absolute Gasteiger partial charge is 0.370 e. The van der Waals surface area contributed by atoms with Gasteiger partial charge in [-0.15, -0.1) is 0 Å². The quantitative estimate of drug-likeness (QED) is 0.668. The molecule has 1 aromatic heterocycles. The van der Waals surface area contributed by atoms with Crippen molar-refractivity contribution in [1.29, 1.82) is 0 Å². The maximum Gasteiger partial charge on any atom is 0.134 e. The molecule has 4 heteroatoms. The first-order valence-corrected chi connectivity index (χ1v) is 8.66. The molecule has 4 nitrogen and oxygen atoms in total. The van der Waals surface area contributed by atoms with Crippen LogP contribution in [0.1, 0.15) is 64.4 Å². The number of hydrogen-bond acceptors (Lipinski definition) is 4. The number of hydrogen-bond donors (Lipinski definition) is 2. The number of aromatic nitrogens is 2. The number of nitrogens with zero attached hydrogens (tertiary/aromatic N) is 2. The Bertz CT molecular complexity index is 413. The molecular formula is C17H30N4. The SMILES string of the molecule is CCCc1c(NCC)ncnc1NCCCC1CCCC1. The van der Waals surface area contributed by atoms with Gasteiger partial charge in [-0.25, -0.2) is 9.97 Å². The second-order valence-corrected chi connectivity index (χ2v) is 6.05. The topological polar surface area (TPSA) is 49.8 Å². The Morgan fingerprint density at radius 1 is 1.10 bits per heavy atom. The van der Waals surface area contributed by atoms with E-state index in [2.05, 4.69) is 34.4 Å². The summed E-state index contributed by atoms with van der Waals surface area (Å²) < 4.78 is 0. The first-order chi connectivity index (χ1) is 10.3. The summed E-state index contributed by atoms with van der Waals surface area (Å²) in [5.41, 5.74) is 1.24. The Balaban J connectivity index is 1.86. The Hall–Kier alpha value is -1.32. The highest BCUT2D eigenvalue weighted by atomic mass is 15.1. The molecule has 0 aromatic carbocycles. The van der Waals surface area contributed by atoms with Crippen LogP contribution in [-0.4, -0.2) is 23.1 Å². The number of nitrogens with one attached hydrogen (secondary N) is 2. The minimum Gasteiger partial charge on any atom is -0.370 e. The Labute approximate surface area is 129 Å². The van der Waals surface area contributed by atoms with Gasteiger partial charge in [0.05, 0.1) is 0 Å². The van der Waals surface area contributed by atoms with Crippen molar-refractivity contribution in [2.45, 2.75) is 65.2 Å². The van der Waals surface area contributed by atoms with Gasteiger partial charge in [0.25, 0.3) is 0 Å². The molecule has 1 fully saturated rings. The van der Waals surface area contributed by atoms with E-state index in [9.17, 15) is 0 Å². The fourth-order valence-electron chi connectivity index (χ4n) is 3.27. The first-order valence-electron chi connectivity index (χ1n) is 8.66. The van der Waals surface area contributed by atoms with E-state index in [1.807, 2.05) is 0 Å². The van der Waals surface area contributed by atoms with Gasteiger partial charge in [0.1, 0.15) is 18.0 Å². The van der Waals surface area contributed by atoms with Gasteiger partial charge in [-0.1, -0.05) is 39.0 Å². The summed E-state index contributed by atoms with van der Waals surface area (Å²) >= 11 is 0. The molecule has 0 bridgehead atoms. The van der Waals surface area contributed by atoms with Crippen molar-refractivity contribution in [3.63, 3.8) is 0 Å². The fraction of sp³-hybridized carbons (Fsp3) is 0.765. The van der Waals surface area contributed by atoms with Crippen LogP contribution in [0.4, 0.5) is 11.6 Å². The van der Waals surface area contributed by atoms with Crippen molar-refractivity contribution in [1.82, 2.24) is 9.97 Å². The van der Waals surface area contributed by atoms with Gasteiger partial charge in [-0.05, 0) is 32.1 Å². The molecule has 118 valence electrons. The normalized spacial score (nSPS) is 15.3. The molecule has 1 aromatic rings. The van der Waals surface area contributed by atoms with E-state index < -0.39 is 0 Å². The smallest absolute Gasteiger partial charge is 0.134 e. The van der Waals surface area contributed by atoms with E-state index in [1.54, 1.807) is 6.33 Å². The lowest BCUT2D eigenvalue weighted by molar-refractivity contribution is 0.491. The van der Waals surface area contributed by atoms with E-state index >= 15 is 0 Å². The zero-order chi connectivity index (χ0) is 14.9. The van der Waals surface area contributed by atoms with Crippen LogP contribution in [0.25, 0.3) is 0 Å². The number of anilines is 2. The standard InChI is InChI=1S/C17H30N4/c1-3-8-15-16(18-4-2)20-13-21-17(15)19-12-7-11-14-9-5-6-10-14/h13-14H,3-12H2,1-2H3,(H2,18,19,20,21). The van der Waals surface area contributed by atoms with Crippen LogP contribution in [0.3, 0.4) is 0 Å². The predicted octanol–water partition coefficient (Wildman–Crippen LogP) is 4.24. The predicted molar refractivity (Wildman–Crippen MR) is 89.9 cm³/mol. The number of rotatable bonds is 9. The van der Waals surface area contributed by atoms with Gasteiger partial charge in [0.15, 0.2) is 0 Å². The average molecular weight is 290 g/mol. The monoisotopic (exact) mass is 290 g/mol. The minimum absolute atomic E-state index is 0.898. The maximum absolute atomic E-state index is 4.45. The Morgan fingerprint density at radius 3 is 2.48 bits per heavy atom. The second kappa shape index (κ2) is 8.85. The van der Waals surface area contributed by atoms with Crippen LogP contribution in [0.2, 0.25) is 0 Å². The van der Waals surface area contributed by atoms with E-state index in [1.165, 1.54) is 44.1 Å². The van der Waals surface area contributed by atoms with Crippen molar-refractivity contribution < 1.29 is 0 Å². The Morgan fingerprint density at radius 2 is 1.81 bits per heavy atom. The summed E-state index contributed by atoms with van der Waals surface area (Å²) in [6.07, 6.45) is 12.2. The molecule has 1 aliphatic carbocycles. The molecule has 2 rings (SSSR count). The van der Waals surface area contributed by atoms with Gasteiger partial charge in [0, 0.05) is 18.7 Å². The van der Waals surface area contributed by atoms with E-state index in [-0.39, 0.29) is 0 Å². The summed E-state index contributed by atoms with van der Waals surface area (Å²) in [6, 6.07) is 0. The van der Waals surface area contributed by atoms with Crippen molar-refractivity contribution in [2.75, 3.05) is 23.7 Å². The summed E-state index contributed by atoms with van der Waals surface area (Å²) in [4.78, 5) is 8.82. The highest BCUT2D eigenvalue weighted by Gasteiger charge is 2.14. The maximum atomic E-state index is 4.45. The van der Waals surface area contributed by atoms with Crippen molar-refractivity contribution in [3.05, 3.63) is 11.9 Å². The van der Waals surface area contributed by atoms with E-state index in [0.717, 1.165) is 43.5 Å². The zero-order valence-corrected chi connectivity index (χ0v) is 13.6. The minimum atomic E-state index is 0.898. The molecule has 2 N–H and O–H groups in total. The van der Waals surface area contributed by atoms with Crippen molar-refractivity contribution >= 4 is 11.6 Å². The van der Waals surface area contributed by atoms with Gasteiger partial charge in [-0.2, -0.15) is 0 Å². The zero-order valence-electron chi connectivity index (χ0n) is 13.6. The summed E-state index contributed by atoms with van der Waals surface area (Å²) in [5, 5.41) is 6.88. The molecule has 1 heterocycles. The first kappa shape index (κ1) is 16.1. The summed E-state index contributed by atoms with van der Waals surface area (Å²) in [5.74, 6) is 2.99. The van der Waals surface area contributed by atoms with Crippen LogP contribution in [0.15, 0.2) is 6.33 Å². The van der Waals surface area contributed by atoms with Crippen LogP contribution in [0, 0.1) is 5.92 Å². The summed E-state index contributed by atoms with van der Waals surface area (Å²) in [6.45, 7) is 6.23. The second-order valence-electron chi connectivity index (χ2n) is 6.05. The molecule has 0 radical (unpaired) electrons. The fourth-order valence-corrected chi connectivity index (χ4v) is 3.27. The van der Waals surface area contributed by atoms with Crippen LogP contribution >= 0.6 is 0 Å². The molecule has 0 amide bonds. The molecule has 1 aliphatic rings. The lowest BCUT2D eigenvalue weighted by atomic mass is 10.0. The molecule has 0 unspecified atom stereocenters. The van der Waals surface area contributed by atoms with E-state index in [4.69, 9.17) is 0 Å². The summed E-state index contributed by atoms with van der Waals surface area (Å²) in [7, 11) is 0. The Kier molecular flexibility index (Phi) is 6.77. The van der Waals surface area contributed by atoms with E-state index in [0.29, 0.717) is 0 Å². The third-order valence-electron chi connectivity index (χ3n) is 4.35. The molecule has 0 saturated heterocycles. The molecule has 1 saturated carbocycles. The molecular weight excluding hydrogens is 260 g/mol. The third-order valence-corrected chi connectivity index (χ3v) is 4.35. The molecule has 21 heavy (non-hydrogen) atoms. The van der Waals surface area contributed by atoms with Gasteiger partial charge in [0.2, 0.25) is 0 Å². The molecule has 0 atom stereocenters. The van der Waals surface area contributed by atoms with Gasteiger partial charge in [-0.3, -0.25) is 0 Å². The average Bonchev–Trinajstić information content (AvgIpc) is 3.00. The van der Waals surface area contributed by atoms with Gasteiger partial charge < -0.3 is 10.6 Å². The van der Waals surface area contributed by atoms with Gasteiger partial charge >= 0.3 is 0 Å². The van der Waals surface area contributed by atoms with Crippen molar-refractivity contribution in [3.8, 4) is 0 Å². The molecule has 0 aliphatic heterocycles. The third kappa shape index (κ3) is 4.87.